The summed E-state index contributed by atoms with van der Waals surface area (Å²) in [6.07, 6.45) is 1.36. The predicted molar refractivity (Wildman–Crippen MR) is 84.2 cm³/mol. The Labute approximate surface area is 129 Å². The Morgan fingerprint density at radius 3 is 2.43 bits per heavy atom. The number of ether oxygens (including phenoxy) is 1. The third kappa shape index (κ3) is 5.47. The van der Waals surface area contributed by atoms with Crippen molar-refractivity contribution in [1.82, 2.24) is 10.2 Å². The molecular weight excluding hydrogens is 268 g/mol. The van der Waals surface area contributed by atoms with Gasteiger partial charge >= 0.3 is 6.09 Å². The van der Waals surface area contributed by atoms with E-state index in [2.05, 4.69) is 19.2 Å². The van der Waals surface area contributed by atoms with Crippen LogP contribution in [-0.2, 0) is 4.74 Å². The summed E-state index contributed by atoms with van der Waals surface area (Å²) in [4.78, 5) is 13.4. The highest BCUT2D eigenvalue weighted by atomic mass is 16.6. The summed E-state index contributed by atoms with van der Waals surface area (Å²) in [5.41, 5.74) is -0.146. The molecule has 2 N–H and O–H groups in total. The highest BCUT2D eigenvalue weighted by Gasteiger charge is 2.31. The number of carbonyl (C=O) groups is 1. The smallest absolute Gasteiger partial charge is 0.409 e. The highest BCUT2D eigenvalue weighted by molar-refractivity contribution is 5.67. The van der Waals surface area contributed by atoms with E-state index in [-0.39, 0.29) is 23.5 Å². The molecule has 1 fully saturated rings. The summed E-state index contributed by atoms with van der Waals surface area (Å²) in [7, 11) is 0. The van der Waals surface area contributed by atoms with E-state index >= 15 is 0 Å². The summed E-state index contributed by atoms with van der Waals surface area (Å²) >= 11 is 0. The van der Waals surface area contributed by atoms with E-state index in [0.717, 1.165) is 32.5 Å². The first-order valence-corrected chi connectivity index (χ1v) is 8.11. The normalized spacial score (nSPS) is 18.9. The molecule has 1 rings (SSSR count). The second-order valence-electron chi connectivity index (χ2n) is 7.02. The Bertz CT molecular complexity index is 323. The minimum absolute atomic E-state index is 0.146. The summed E-state index contributed by atoms with van der Waals surface area (Å²) in [5, 5.41) is 13.8. The van der Waals surface area contributed by atoms with Crippen LogP contribution in [0.25, 0.3) is 0 Å². The summed E-state index contributed by atoms with van der Waals surface area (Å²) < 4.78 is 5.02. The Hall–Kier alpha value is -0.810. The van der Waals surface area contributed by atoms with Gasteiger partial charge in [0.1, 0.15) is 0 Å². The molecule has 0 aromatic rings. The average molecular weight is 300 g/mol. The number of nitrogens with zero attached hydrogens (tertiary/aromatic N) is 1. The fourth-order valence-electron chi connectivity index (χ4n) is 2.90. The topological polar surface area (TPSA) is 61.8 Å². The van der Waals surface area contributed by atoms with Crippen molar-refractivity contribution in [3.63, 3.8) is 0 Å². The number of amides is 1. The minimum Gasteiger partial charge on any atom is -0.450 e. The number of hydrogen-bond donors (Lipinski definition) is 2. The number of likely N-dealkylation sites (tertiary alicyclic amines) is 1. The van der Waals surface area contributed by atoms with Gasteiger partial charge in [-0.1, -0.05) is 27.7 Å². The average Bonchev–Trinajstić information content (AvgIpc) is 2.45. The van der Waals surface area contributed by atoms with E-state index in [0.29, 0.717) is 12.6 Å². The molecule has 1 aliphatic heterocycles. The zero-order valence-corrected chi connectivity index (χ0v) is 14.2. The van der Waals surface area contributed by atoms with Gasteiger partial charge in [0, 0.05) is 31.1 Å². The summed E-state index contributed by atoms with van der Waals surface area (Å²) in [6.45, 7) is 12.8. The molecule has 124 valence electrons. The molecule has 1 saturated heterocycles. The van der Waals surface area contributed by atoms with E-state index < -0.39 is 0 Å². The number of rotatable bonds is 6. The van der Waals surface area contributed by atoms with Crippen molar-refractivity contribution in [2.75, 3.05) is 26.2 Å². The molecule has 1 heterocycles. The maximum atomic E-state index is 11.6. The van der Waals surface area contributed by atoms with Gasteiger partial charge in [-0.25, -0.2) is 4.79 Å². The van der Waals surface area contributed by atoms with Gasteiger partial charge in [0.05, 0.1) is 12.7 Å². The molecule has 21 heavy (non-hydrogen) atoms. The van der Waals surface area contributed by atoms with Gasteiger partial charge in [-0.15, -0.1) is 0 Å². The lowest BCUT2D eigenvalue weighted by Crippen LogP contribution is -2.49. The lowest BCUT2D eigenvalue weighted by molar-refractivity contribution is 0.0107. The Morgan fingerprint density at radius 1 is 1.38 bits per heavy atom. The van der Waals surface area contributed by atoms with Crippen molar-refractivity contribution in [2.24, 2.45) is 11.3 Å². The van der Waals surface area contributed by atoms with Crippen molar-refractivity contribution in [3.8, 4) is 0 Å². The molecule has 1 atom stereocenters. The molecule has 5 nitrogen and oxygen atoms in total. The first-order chi connectivity index (χ1) is 9.77. The van der Waals surface area contributed by atoms with Gasteiger partial charge in [0.2, 0.25) is 0 Å². The third-order valence-electron chi connectivity index (χ3n) is 4.30. The first kappa shape index (κ1) is 18.2. The maximum absolute atomic E-state index is 11.6. The van der Waals surface area contributed by atoms with Crippen LogP contribution in [0.5, 0.6) is 0 Å². The third-order valence-corrected chi connectivity index (χ3v) is 4.30. The van der Waals surface area contributed by atoms with Crippen LogP contribution in [0.2, 0.25) is 0 Å². The van der Waals surface area contributed by atoms with Crippen LogP contribution in [0.4, 0.5) is 4.79 Å². The first-order valence-electron chi connectivity index (χ1n) is 8.11. The second-order valence-corrected chi connectivity index (χ2v) is 7.02. The largest absolute Gasteiger partial charge is 0.450 e. The van der Waals surface area contributed by atoms with Crippen molar-refractivity contribution in [3.05, 3.63) is 0 Å². The molecule has 1 amide bonds. The molecule has 5 heteroatoms. The Morgan fingerprint density at radius 2 is 1.95 bits per heavy atom. The highest BCUT2D eigenvalue weighted by Crippen LogP contribution is 2.25. The predicted octanol–water partition coefficient (Wildman–Crippen LogP) is 2.24. The van der Waals surface area contributed by atoms with Crippen LogP contribution in [0, 0.1) is 11.3 Å². The molecule has 1 aliphatic rings. The van der Waals surface area contributed by atoms with Crippen molar-refractivity contribution < 1.29 is 14.6 Å². The van der Waals surface area contributed by atoms with Gasteiger partial charge in [0.25, 0.3) is 0 Å². The van der Waals surface area contributed by atoms with E-state index in [9.17, 15) is 9.90 Å². The zero-order chi connectivity index (χ0) is 16.0. The number of nitrogens with one attached hydrogen (secondary N) is 1. The molecule has 0 spiro atoms. The fraction of sp³-hybridized carbons (Fsp3) is 0.938. The minimum atomic E-state index is -0.315. The second kappa shape index (κ2) is 7.99. The van der Waals surface area contributed by atoms with Gasteiger partial charge in [-0.3, -0.25) is 0 Å². The fourth-order valence-corrected chi connectivity index (χ4v) is 2.90. The van der Waals surface area contributed by atoms with Crippen molar-refractivity contribution in [1.29, 1.82) is 0 Å². The molecule has 0 saturated carbocycles. The molecule has 1 unspecified atom stereocenters. The number of carbonyl (C=O) groups excluding carboxylic acids is 1. The summed E-state index contributed by atoms with van der Waals surface area (Å²) in [6, 6.07) is 0.411. The van der Waals surface area contributed by atoms with E-state index in [1.165, 1.54) is 0 Å². The molecule has 0 aromatic heterocycles. The summed E-state index contributed by atoms with van der Waals surface area (Å²) in [5.74, 6) is 0.257. The van der Waals surface area contributed by atoms with Crippen LogP contribution >= 0.6 is 0 Å². The van der Waals surface area contributed by atoms with Crippen LogP contribution in [0.15, 0.2) is 0 Å². The van der Waals surface area contributed by atoms with Crippen LogP contribution in [0.1, 0.15) is 47.5 Å². The van der Waals surface area contributed by atoms with Crippen LogP contribution in [-0.4, -0.2) is 54.5 Å². The SMILES string of the molecule is CCOC(=O)N1CCC(NCC(C)(C)C(O)C(C)C)CC1. The van der Waals surface area contributed by atoms with E-state index in [4.69, 9.17) is 4.74 Å². The van der Waals surface area contributed by atoms with Crippen molar-refractivity contribution in [2.45, 2.75) is 59.6 Å². The number of piperidine rings is 1. The van der Waals surface area contributed by atoms with Gasteiger partial charge < -0.3 is 20.1 Å². The zero-order valence-electron chi connectivity index (χ0n) is 14.2. The van der Waals surface area contributed by atoms with Crippen LogP contribution < -0.4 is 5.32 Å². The number of hydrogen-bond acceptors (Lipinski definition) is 4. The maximum Gasteiger partial charge on any atom is 0.409 e. The lowest BCUT2D eigenvalue weighted by Gasteiger charge is -2.37. The molecular formula is C16H32N2O3. The van der Waals surface area contributed by atoms with Crippen LogP contribution in [0.3, 0.4) is 0 Å². The number of aliphatic hydroxyl groups excluding tert-OH is 1. The Kier molecular flexibility index (Phi) is 6.94. The molecule has 0 bridgehead atoms. The standard InChI is InChI=1S/C16H32N2O3/c1-6-21-15(20)18-9-7-13(8-10-18)17-11-16(4,5)14(19)12(2)3/h12-14,17,19H,6-11H2,1-5H3. The molecule has 0 aromatic carbocycles. The molecule has 0 radical (unpaired) electrons. The lowest BCUT2D eigenvalue weighted by atomic mass is 9.80. The Balaban J connectivity index is 2.34. The van der Waals surface area contributed by atoms with Crippen molar-refractivity contribution >= 4 is 6.09 Å². The van der Waals surface area contributed by atoms with Gasteiger partial charge in [0.15, 0.2) is 0 Å². The quantitative estimate of drug-likeness (QED) is 0.790. The number of aliphatic hydroxyl groups is 1. The van der Waals surface area contributed by atoms with Gasteiger partial charge in [-0.05, 0) is 25.7 Å². The molecule has 0 aliphatic carbocycles. The van der Waals surface area contributed by atoms with E-state index in [1.807, 2.05) is 20.8 Å². The van der Waals surface area contributed by atoms with E-state index in [1.54, 1.807) is 4.90 Å². The monoisotopic (exact) mass is 300 g/mol. The van der Waals surface area contributed by atoms with Gasteiger partial charge in [-0.2, -0.15) is 0 Å².